The Kier molecular flexibility index (Phi) is 5.61. The number of hydrogen-bond donors (Lipinski definition) is 1. The molecule has 0 saturated carbocycles. The quantitative estimate of drug-likeness (QED) is 0.503. The highest BCUT2D eigenvalue weighted by Crippen LogP contribution is 2.41. The summed E-state index contributed by atoms with van der Waals surface area (Å²) in [6.07, 6.45) is 6.81. The van der Waals surface area contributed by atoms with Gasteiger partial charge in [0.15, 0.2) is 0 Å². The highest BCUT2D eigenvalue weighted by molar-refractivity contribution is 8.00. The van der Waals surface area contributed by atoms with Gasteiger partial charge in [-0.2, -0.15) is 5.26 Å². The van der Waals surface area contributed by atoms with Gasteiger partial charge < -0.3 is 5.11 Å². The summed E-state index contributed by atoms with van der Waals surface area (Å²) in [4.78, 5) is 17.7. The van der Waals surface area contributed by atoms with Crippen LogP contribution in [0.25, 0.3) is 16.0 Å². The van der Waals surface area contributed by atoms with Crippen molar-refractivity contribution in [1.82, 2.24) is 4.98 Å². The molecule has 2 aromatic heterocycles. The van der Waals surface area contributed by atoms with Crippen molar-refractivity contribution in [2.24, 2.45) is 0 Å². The van der Waals surface area contributed by atoms with Crippen LogP contribution in [0.5, 0.6) is 0 Å². The molecule has 0 spiro atoms. The van der Waals surface area contributed by atoms with Crippen LogP contribution in [-0.2, 0) is 4.79 Å². The van der Waals surface area contributed by atoms with E-state index >= 15 is 0 Å². The molecule has 0 radical (unpaired) electrons. The molecule has 1 atom stereocenters. The third-order valence-electron chi connectivity index (χ3n) is 4.54. The summed E-state index contributed by atoms with van der Waals surface area (Å²) in [5.74, 6) is -0.961. The van der Waals surface area contributed by atoms with Gasteiger partial charge in [-0.3, -0.25) is 4.79 Å². The minimum atomic E-state index is -0.961. The van der Waals surface area contributed by atoms with Crippen molar-refractivity contribution in [3.63, 3.8) is 0 Å². The fourth-order valence-electron chi connectivity index (χ4n) is 3.14. The Morgan fingerprint density at radius 3 is 2.69 bits per heavy atom. The molecule has 1 aliphatic rings. The number of benzene rings is 1. The van der Waals surface area contributed by atoms with Gasteiger partial charge in [0.25, 0.3) is 0 Å². The van der Waals surface area contributed by atoms with E-state index in [2.05, 4.69) is 12.1 Å². The molecule has 0 bridgehead atoms. The fourth-order valence-corrected chi connectivity index (χ4v) is 4.93. The number of carboxylic acids is 1. The molecule has 1 aliphatic carbocycles. The van der Waals surface area contributed by atoms with Gasteiger partial charge in [-0.05, 0) is 35.1 Å². The van der Waals surface area contributed by atoms with E-state index in [0.29, 0.717) is 16.2 Å². The number of allylic oxidation sites excluding steroid dienone is 4. The number of rotatable bonds is 6. The number of nitriles is 1. The zero-order valence-corrected chi connectivity index (χ0v) is 16.9. The van der Waals surface area contributed by atoms with Gasteiger partial charge >= 0.3 is 5.97 Å². The Labute approximate surface area is 176 Å². The topological polar surface area (TPSA) is 74.0 Å². The monoisotopic (exact) mass is 416 g/mol. The Morgan fingerprint density at radius 2 is 2.07 bits per heavy atom. The van der Waals surface area contributed by atoms with Crippen molar-refractivity contribution in [1.29, 1.82) is 5.26 Å². The largest absolute Gasteiger partial charge is 0.480 e. The van der Waals surface area contributed by atoms with Crippen molar-refractivity contribution in [2.45, 2.75) is 16.7 Å². The molecule has 3 aromatic rings. The maximum Gasteiger partial charge on any atom is 0.321 e. The van der Waals surface area contributed by atoms with Crippen LogP contribution in [0.2, 0.25) is 0 Å². The Morgan fingerprint density at radius 1 is 1.24 bits per heavy atom. The highest BCUT2D eigenvalue weighted by Gasteiger charge is 2.26. The van der Waals surface area contributed by atoms with E-state index in [0.717, 1.165) is 39.9 Å². The van der Waals surface area contributed by atoms with Crippen molar-refractivity contribution >= 4 is 34.6 Å². The van der Waals surface area contributed by atoms with Crippen molar-refractivity contribution in [2.75, 3.05) is 0 Å². The van der Waals surface area contributed by atoms with Gasteiger partial charge in [-0.15, -0.1) is 11.3 Å². The van der Waals surface area contributed by atoms with Crippen LogP contribution in [0, 0.1) is 11.3 Å². The lowest BCUT2D eigenvalue weighted by molar-refractivity contribution is -0.136. The number of carboxylic acid groups (broad SMARTS) is 1. The van der Waals surface area contributed by atoms with Crippen molar-refractivity contribution in [3.8, 4) is 16.5 Å². The first-order valence-electron chi connectivity index (χ1n) is 8.97. The predicted octanol–water partition coefficient (Wildman–Crippen LogP) is 5.94. The van der Waals surface area contributed by atoms with Crippen molar-refractivity contribution in [3.05, 3.63) is 89.0 Å². The SMILES string of the molecule is N#Cc1c(-c2cccs2)cc(C2=CC=CC2)nc1SC(C(=O)O)c1ccccc1. The number of thioether (sulfide) groups is 1. The Balaban J connectivity index is 1.85. The van der Waals surface area contributed by atoms with Crippen LogP contribution in [0.3, 0.4) is 0 Å². The second-order valence-electron chi connectivity index (χ2n) is 6.40. The van der Waals surface area contributed by atoms with Crippen LogP contribution in [0.4, 0.5) is 0 Å². The minimum absolute atomic E-state index is 0.412. The molecule has 142 valence electrons. The molecule has 1 N–H and O–H groups in total. The fraction of sp³-hybridized carbons (Fsp3) is 0.0870. The summed E-state index contributed by atoms with van der Waals surface area (Å²) in [7, 11) is 0. The maximum atomic E-state index is 12.0. The smallest absolute Gasteiger partial charge is 0.321 e. The number of aliphatic carboxylic acids is 1. The number of pyridine rings is 1. The Bertz CT molecular complexity index is 1140. The predicted molar refractivity (Wildman–Crippen MR) is 117 cm³/mol. The van der Waals surface area contributed by atoms with Crippen LogP contribution in [-0.4, -0.2) is 16.1 Å². The second kappa shape index (κ2) is 8.48. The molecule has 6 heteroatoms. The van der Waals surface area contributed by atoms with Gasteiger partial charge in [0.05, 0.1) is 11.3 Å². The standard InChI is InChI=1S/C23H16N2O2S2/c24-14-18-17(20-11-6-12-28-20)13-19(15-7-4-5-8-15)25-22(18)29-21(23(26)27)16-9-2-1-3-10-16/h1-7,9-13,21H,8H2,(H,26,27). The molecule has 0 fully saturated rings. The first kappa shape index (κ1) is 19.2. The average Bonchev–Trinajstić information content (AvgIpc) is 3.46. The lowest BCUT2D eigenvalue weighted by Crippen LogP contribution is -2.09. The van der Waals surface area contributed by atoms with Gasteiger partial charge in [0.2, 0.25) is 0 Å². The number of thiophene rings is 1. The summed E-state index contributed by atoms with van der Waals surface area (Å²) >= 11 is 2.66. The highest BCUT2D eigenvalue weighted by atomic mass is 32.2. The average molecular weight is 417 g/mol. The first-order valence-corrected chi connectivity index (χ1v) is 10.7. The summed E-state index contributed by atoms with van der Waals surface area (Å²) in [5, 5.41) is 21.3. The molecule has 4 rings (SSSR count). The van der Waals surface area contributed by atoms with E-state index in [1.807, 2.05) is 53.9 Å². The van der Waals surface area contributed by atoms with E-state index in [1.165, 1.54) is 0 Å². The zero-order valence-electron chi connectivity index (χ0n) is 15.3. The zero-order chi connectivity index (χ0) is 20.2. The van der Waals surface area contributed by atoms with Crippen LogP contribution >= 0.6 is 23.1 Å². The van der Waals surface area contributed by atoms with Crippen molar-refractivity contribution < 1.29 is 9.90 Å². The first-order chi connectivity index (χ1) is 14.2. The molecule has 0 aliphatic heterocycles. The second-order valence-corrected chi connectivity index (χ2v) is 8.44. The van der Waals surface area contributed by atoms with Crippen LogP contribution in [0.1, 0.15) is 28.5 Å². The summed E-state index contributed by atoms with van der Waals surface area (Å²) < 4.78 is 0. The van der Waals surface area contributed by atoms with Gasteiger partial charge in [-0.25, -0.2) is 4.98 Å². The molecular formula is C23H16N2O2S2. The number of hydrogen-bond acceptors (Lipinski definition) is 5. The molecule has 0 amide bonds. The molecule has 1 aromatic carbocycles. The third kappa shape index (κ3) is 4.02. The molecule has 4 nitrogen and oxygen atoms in total. The Hall–Kier alpha value is -3.14. The normalized spacial score (nSPS) is 13.7. The van der Waals surface area contributed by atoms with Gasteiger partial charge in [0, 0.05) is 10.4 Å². The summed E-state index contributed by atoms with van der Waals surface area (Å²) in [6, 6.07) is 17.1. The number of carbonyl (C=O) groups is 1. The molecular weight excluding hydrogens is 400 g/mol. The molecule has 0 saturated heterocycles. The van der Waals surface area contributed by atoms with Crippen LogP contribution < -0.4 is 0 Å². The maximum absolute atomic E-state index is 12.0. The molecule has 2 heterocycles. The third-order valence-corrected chi connectivity index (χ3v) is 6.67. The molecule has 1 unspecified atom stereocenters. The number of aromatic nitrogens is 1. The summed E-state index contributed by atoms with van der Waals surface area (Å²) in [5.41, 5.74) is 3.70. The van der Waals surface area contributed by atoms with E-state index in [1.54, 1.807) is 23.5 Å². The van der Waals surface area contributed by atoms with E-state index < -0.39 is 11.2 Å². The van der Waals surface area contributed by atoms with E-state index in [9.17, 15) is 15.2 Å². The minimum Gasteiger partial charge on any atom is -0.480 e. The lowest BCUT2D eigenvalue weighted by atomic mass is 10.0. The number of nitrogens with zero attached hydrogens (tertiary/aromatic N) is 2. The van der Waals surface area contributed by atoms with E-state index in [-0.39, 0.29) is 0 Å². The molecule has 29 heavy (non-hydrogen) atoms. The lowest BCUT2D eigenvalue weighted by Gasteiger charge is -2.16. The van der Waals surface area contributed by atoms with Crippen LogP contribution in [0.15, 0.2) is 77.2 Å². The van der Waals surface area contributed by atoms with Gasteiger partial charge in [0.1, 0.15) is 16.3 Å². The van der Waals surface area contributed by atoms with E-state index in [4.69, 9.17) is 4.98 Å². The summed E-state index contributed by atoms with van der Waals surface area (Å²) in [6.45, 7) is 0. The van der Waals surface area contributed by atoms with Gasteiger partial charge in [-0.1, -0.05) is 66.4 Å².